The zero-order valence-electron chi connectivity index (χ0n) is 17.0. The fourth-order valence-corrected chi connectivity index (χ4v) is 3.64. The number of piperidine rings is 1. The third-order valence-corrected chi connectivity index (χ3v) is 5.10. The normalized spacial score (nSPS) is 23.0. The summed E-state index contributed by atoms with van der Waals surface area (Å²) in [6.07, 6.45) is 3.85. The predicted molar refractivity (Wildman–Crippen MR) is 101 cm³/mol. The number of likely N-dealkylation sites (tertiary alicyclic amines) is 1. The molecule has 0 unspecified atom stereocenters. The fraction of sp³-hybridized carbons (Fsp3) is 0.500. The number of hydrogen-bond acceptors (Lipinski definition) is 7. The molecule has 0 saturated carbocycles. The van der Waals surface area contributed by atoms with Gasteiger partial charge in [-0.3, -0.25) is 9.78 Å². The van der Waals surface area contributed by atoms with Crippen molar-refractivity contribution in [3.8, 4) is 0 Å². The predicted octanol–water partition coefficient (Wildman–Crippen LogP) is 2.68. The van der Waals surface area contributed by atoms with E-state index in [9.17, 15) is 18.0 Å². The molecule has 1 spiro atoms. The van der Waals surface area contributed by atoms with Crippen molar-refractivity contribution in [2.45, 2.75) is 43.8 Å². The van der Waals surface area contributed by atoms with Crippen LogP contribution < -0.4 is 0 Å². The molecular formula is C20H22F3N3O6. The first-order valence-corrected chi connectivity index (χ1v) is 9.81. The molecule has 2 atom stereocenters. The lowest BCUT2D eigenvalue weighted by Crippen LogP contribution is -2.50. The number of aromatic nitrogens is 2. The minimum absolute atomic E-state index is 0.0438. The van der Waals surface area contributed by atoms with Crippen molar-refractivity contribution < 1.29 is 41.8 Å². The minimum atomic E-state index is -5.08. The summed E-state index contributed by atoms with van der Waals surface area (Å²) in [5, 5.41) is 7.12. The van der Waals surface area contributed by atoms with E-state index in [1.807, 2.05) is 23.2 Å². The van der Waals surface area contributed by atoms with Crippen LogP contribution in [0.15, 0.2) is 41.6 Å². The van der Waals surface area contributed by atoms with Gasteiger partial charge in [-0.25, -0.2) is 9.78 Å². The second-order valence-electron chi connectivity index (χ2n) is 7.50. The van der Waals surface area contributed by atoms with Crippen LogP contribution in [0.4, 0.5) is 13.2 Å². The number of rotatable bonds is 4. The molecule has 2 aliphatic heterocycles. The van der Waals surface area contributed by atoms with Crippen molar-refractivity contribution in [1.29, 1.82) is 0 Å². The molecule has 174 valence electrons. The van der Waals surface area contributed by atoms with Crippen LogP contribution in [0, 0.1) is 0 Å². The summed E-state index contributed by atoms with van der Waals surface area (Å²) in [7, 11) is 0. The molecule has 4 rings (SSSR count). The van der Waals surface area contributed by atoms with Crippen LogP contribution in [0.2, 0.25) is 0 Å². The highest BCUT2D eigenvalue weighted by atomic mass is 19.4. The smallest absolute Gasteiger partial charge is 0.475 e. The zero-order valence-corrected chi connectivity index (χ0v) is 17.0. The molecule has 9 nitrogen and oxygen atoms in total. The minimum Gasteiger partial charge on any atom is -0.475 e. The molecule has 4 heterocycles. The van der Waals surface area contributed by atoms with Gasteiger partial charge in [-0.2, -0.15) is 13.2 Å². The van der Waals surface area contributed by atoms with Crippen LogP contribution >= 0.6 is 0 Å². The molecule has 0 radical (unpaired) electrons. The summed E-state index contributed by atoms with van der Waals surface area (Å²) in [5.74, 6) is -2.86. The number of oxazole rings is 1. The Balaban J connectivity index is 0.000000360. The van der Waals surface area contributed by atoms with Crippen LogP contribution in [0.3, 0.4) is 0 Å². The summed E-state index contributed by atoms with van der Waals surface area (Å²) < 4.78 is 48.7. The number of carbonyl (C=O) groups is 2. The Labute approximate surface area is 181 Å². The van der Waals surface area contributed by atoms with Crippen molar-refractivity contribution in [3.05, 3.63) is 48.4 Å². The highest BCUT2D eigenvalue weighted by Gasteiger charge is 2.45. The summed E-state index contributed by atoms with van der Waals surface area (Å²) in [6.45, 7) is 2.38. The van der Waals surface area contributed by atoms with Crippen molar-refractivity contribution in [3.63, 3.8) is 0 Å². The Bertz CT molecular complexity index is 894. The molecule has 0 aromatic carbocycles. The molecule has 12 heteroatoms. The number of carboxylic acid groups (broad SMARTS) is 1. The lowest BCUT2D eigenvalue weighted by atomic mass is 9.89. The maximum atomic E-state index is 12.5. The molecule has 0 bridgehead atoms. The molecular weight excluding hydrogens is 435 g/mol. The number of nitrogens with zero attached hydrogens (tertiary/aromatic N) is 3. The Morgan fingerprint density at radius 3 is 2.78 bits per heavy atom. The molecule has 32 heavy (non-hydrogen) atoms. The van der Waals surface area contributed by atoms with Crippen molar-refractivity contribution in [2.75, 3.05) is 19.7 Å². The molecule has 2 saturated heterocycles. The first-order valence-electron chi connectivity index (χ1n) is 9.81. The molecule has 2 aromatic heterocycles. The van der Waals surface area contributed by atoms with Gasteiger partial charge < -0.3 is 23.9 Å². The molecule has 2 fully saturated rings. The van der Waals surface area contributed by atoms with Crippen molar-refractivity contribution in [2.24, 2.45) is 0 Å². The monoisotopic (exact) mass is 457 g/mol. The number of halogens is 3. The van der Waals surface area contributed by atoms with Crippen LogP contribution in [0.1, 0.15) is 35.3 Å². The van der Waals surface area contributed by atoms with Gasteiger partial charge in [-0.1, -0.05) is 6.07 Å². The Morgan fingerprint density at radius 2 is 2.16 bits per heavy atom. The summed E-state index contributed by atoms with van der Waals surface area (Å²) in [6, 6.07) is 3.90. The summed E-state index contributed by atoms with van der Waals surface area (Å²) in [4.78, 5) is 31.3. The van der Waals surface area contributed by atoms with Crippen LogP contribution in [0.5, 0.6) is 0 Å². The van der Waals surface area contributed by atoms with Gasteiger partial charge in [0.15, 0.2) is 12.1 Å². The number of alkyl halides is 3. The highest BCUT2D eigenvalue weighted by Crippen LogP contribution is 2.36. The van der Waals surface area contributed by atoms with E-state index >= 15 is 0 Å². The number of carbonyl (C=O) groups excluding carboxylic acids is 1. The maximum Gasteiger partial charge on any atom is 0.490 e. The topological polar surface area (TPSA) is 115 Å². The number of carboxylic acids is 1. The SMILES string of the molecule is O=C(O)C(F)(F)F.O=C(c1cocn1)N1CCC[C@]2(C[C@@H](OCc3cccnc3)CO2)C1. The molecule has 0 aliphatic carbocycles. The second kappa shape index (κ2) is 10.1. The lowest BCUT2D eigenvalue weighted by molar-refractivity contribution is -0.192. The van der Waals surface area contributed by atoms with Gasteiger partial charge in [-0.15, -0.1) is 0 Å². The van der Waals surface area contributed by atoms with Gasteiger partial charge in [0.1, 0.15) is 6.26 Å². The van der Waals surface area contributed by atoms with E-state index in [0.717, 1.165) is 31.4 Å². The maximum absolute atomic E-state index is 12.5. The van der Waals surface area contributed by atoms with Gasteiger partial charge in [0, 0.05) is 25.4 Å². The van der Waals surface area contributed by atoms with E-state index in [1.54, 1.807) is 6.20 Å². The molecule has 2 aliphatic rings. The van der Waals surface area contributed by atoms with Crippen LogP contribution in [-0.4, -0.2) is 69.4 Å². The first kappa shape index (κ1) is 23.7. The largest absolute Gasteiger partial charge is 0.490 e. The standard InChI is InChI=1S/C18H21N3O4.C2HF3O2/c22-17(16-11-23-13-20-16)21-6-2-4-18(12-21)7-15(10-25-18)24-9-14-3-1-5-19-8-14;3-2(4,5)1(6)7/h1,3,5,8,11,13,15H,2,4,6-7,9-10,12H2;(H,6,7)/t15-,18+;/m1./s1. The van der Waals surface area contributed by atoms with E-state index in [4.69, 9.17) is 23.8 Å². The molecule has 1 amide bonds. The van der Waals surface area contributed by atoms with E-state index in [0.29, 0.717) is 25.5 Å². The highest BCUT2D eigenvalue weighted by molar-refractivity contribution is 5.92. The average molecular weight is 457 g/mol. The van der Waals surface area contributed by atoms with Crippen LogP contribution in [-0.2, 0) is 20.9 Å². The number of amides is 1. The Morgan fingerprint density at radius 1 is 1.38 bits per heavy atom. The molecule has 1 N–H and O–H groups in total. The van der Waals surface area contributed by atoms with E-state index in [1.165, 1.54) is 12.7 Å². The average Bonchev–Trinajstić information content (AvgIpc) is 3.43. The number of ether oxygens (including phenoxy) is 2. The van der Waals surface area contributed by atoms with Crippen molar-refractivity contribution in [1.82, 2.24) is 14.9 Å². The second-order valence-corrected chi connectivity index (χ2v) is 7.50. The van der Waals surface area contributed by atoms with Gasteiger partial charge in [0.2, 0.25) is 0 Å². The van der Waals surface area contributed by atoms with Crippen LogP contribution in [0.25, 0.3) is 0 Å². The first-order chi connectivity index (χ1) is 15.2. The van der Waals surface area contributed by atoms with Gasteiger partial charge in [0.05, 0.1) is 31.5 Å². The Kier molecular flexibility index (Phi) is 7.46. The van der Waals surface area contributed by atoms with E-state index in [-0.39, 0.29) is 17.6 Å². The quantitative estimate of drug-likeness (QED) is 0.745. The van der Waals surface area contributed by atoms with Gasteiger partial charge in [0.25, 0.3) is 5.91 Å². The summed E-state index contributed by atoms with van der Waals surface area (Å²) >= 11 is 0. The van der Waals surface area contributed by atoms with Crippen molar-refractivity contribution >= 4 is 11.9 Å². The Hall–Kier alpha value is -2.99. The van der Waals surface area contributed by atoms with Gasteiger partial charge in [-0.05, 0) is 24.5 Å². The van der Waals surface area contributed by atoms with Gasteiger partial charge >= 0.3 is 12.1 Å². The van der Waals surface area contributed by atoms with E-state index < -0.39 is 12.1 Å². The number of aliphatic carboxylic acids is 1. The fourth-order valence-electron chi connectivity index (χ4n) is 3.64. The summed E-state index contributed by atoms with van der Waals surface area (Å²) in [5.41, 5.74) is 1.09. The number of hydrogen-bond donors (Lipinski definition) is 1. The molecule has 2 aromatic rings. The third-order valence-electron chi connectivity index (χ3n) is 5.10. The lowest BCUT2D eigenvalue weighted by Gasteiger charge is -2.39. The zero-order chi connectivity index (χ0) is 23.2. The third kappa shape index (κ3) is 6.26. The van der Waals surface area contributed by atoms with E-state index in [2.05, 4.69) is 9.97 Å². The number of pyridine rings is 1.